The monoisotopic (exact) mass is 328 g/mol. The van der Waals surface area contributed by atoms with Crippen molar-refractivity contribution in [3.63, 3.8) is 0 Å². The van der Waals surface area contributed by atoms with Gasteiger partial charge in [-0.05, 0) is 0 Å². The number of hydrogen-bond acceptors (Lipinski definition) is 7. The van der Waals surface area contributed by atoms with Crippen molar-refractivity contribution in [1.29, 1.82) is 0 Å². The van der Waals surface area contributed by atoms with Gasteiger partial charge in [0.25, 0.3) is 10.0 Å². The Kier molecular flexibility index (Phi) is 6.07. The van der Waals surface area contributed by atoms with E-state index in [-0.39, 0.29) is 28.5 Å². The van der Waals surface area contributed by atoms with Crippen LogP contribution in [0.1, 0.15) is 6.92 Å². The molecule has 0 aromatic carbocycles. The van der Waals surface area contributed by atoms with Crippen molar-refractivity contribution in [2.75, 3.05) is 25.6 Å². The summed E-state index contributed by atoms with van der Waals surface area (Å²) in [6.45, 7) is 1.51. The molecule has 0 radical (unpaired) electrons. The fourth-order valence-electron chi connectivity index (χ4n) is 1.02. The van der Waals surface area contributed by atoms with Crippen molar-refractivity contribution in [2.45, 2.75) is 16.6 Å². The third-order valence-electron chi connectivity index (χ3n) is 1.76. The summed E-state index contributed by atoms with van der Waals surface area (Å²) in [6.07, 6.45) is 0. The van der Waals surface area contributed by atoms with Crippen LogP contribution in [-0.4, -0.2) is 50.2 Å². The lowest BCUT2D eigenvalue weighted by Crippen LogP contribution is -2.31. The average Bonchev–Trinajstić information content (AvgIpc) is 2.75. The van der Waals surface area contributed by atoms with E-state index in [1.807, 2.05) is 0 Å². The van der Waals surface area contributed by atoms with Gasteiger partial charge in [0.05, 0.1) is 12.0 Å². The topological polar surface area (TPSA) is 110 Å². The Hall–Kier alpha value is -0.810. The molecule has 0 spiro atoms. The van der Waals surface area contributed by atoms with Gasteiger partial charge in [-0.25, -0.2) is 13.1 Å². The molecular weight excluding hydrogens is 316 g/mol. The smallest absolute Gasteiger partial charge is 0.269 e. The van der Waals surface area contributed by atoms with Crippen LogP contribution in [0.4, 0.5) is 5.13 Å². The molecular formula is C8H13ClN4O4S2. The maximum absolute atomic E-state index is 11.8. The van der Waals surface area contributed by atoms with Crippen LogP contribution in [0, 0.1) is 0 Å². The summed E-state index contributed by atoms with van der Waals surface area (Å²) in [5.74, 6) is -0.353. The molecule has 1 amide bonds. The fraction of sp³-hybridized carbons (Fsp3) is 0.625. The zero-order valence-electron chi connectivity index (χ0n) is 10.2. The third kappa shape index (κ3) is 5.37. The highest BCUT2D eigenvalue weighted by Crippen LogP contribution is 2.19. The molecule has 0 aliphatic carbocycles. The minimum absolute atomic E-state index is 0.00673. The molecule has 1 aromatic heterocycles. The van der Waals surface area contributed by atoms with Crippen LogP contribution in [0.3, 0.4) is 0 Å². The van der Waals surface area contributed by atoms with Crippen LogP contribution in [0.5, 0.6) is 0 Å². The van der Waals surface area contributed by atoms with Crippen LogP contribution in [-0.2, 0) is 19.6 Å². The molecule has 0 saturated heterocycles. The first-order valence-electron chi connectivity index (χ1n) is 5.09. The van der Waals surface area contributed by atoms with Crippen molar-refractivity contribution < 1.29 is 17.9 Å². The molecule has 11 heteroatoms. The maximum atomic E-state index is 11.8. The van der Waals surface area contributed by atoms with Crippen molar-refractivity contribution >= 4 is 44.0 Å². The molecule has 108 valence electrons. The Labute approximate surface area is 119 Å². The number of carbonyl (C=O) groups is 1. The number of amides is 1. The number of anilines is 1. The second-order valence-electron chi connectivity index (χ2n) is 3.46. The Morgan fingerprint density at radius 3 is 2.79 bits per heavy atom. The van der Waals surface area contributed by atoms with Gasteiger partial charge in [0.1, 0.15) is 0 Å². The summed E-state index contributed by atoms with van der Waals surface area (Å²) in [7, 11) is -2.32. The van der Waals surface area contributed by atoms with Gasteiger partial charge in [-0.1, -0.05) is 11.3 Å². The first-order valence-corrected chi connectivity index (χ1v) is 7.82. The molecule has 1 rings (SSSR count). The Balaban J connectivity index is 2.66. The number of carbonyl (C=O) groups excluding carboxylic acids is 1. The zero-order chi connectivity index (χ0) is 14.5. The van der Waals surface area contributed by atoms with Crippen LogP contribution >= 0.6 is 22.9 Å². The number of sulfonamides is 1. The summed E-state index contributed by atoms with van der Waals surface area (Å²) >= 11 is 6.56. The first kappa shape index (κ1) is 16.2. The van der Waals surface area contributed by atoms with Crippen molar-refractivity contribution in [3.8, 4) is 0 Å². The summed E-state index contributed by atoms with van der Waals surface area (Å²) in [5, 5.41) is 9.02. The highest BCUT2D eigenvalue weighted by molar-refractivity contribution is 7.91. The zero-order valence-corrected chi connectivity index (χ0v) is 12.6. The van der Waals surface area contributed by atoms with Gasteiger partial charge in [-0.2, -0.15) is 0 Å². The first-order chi connectivity index (χ1) is 8.85. The maximum Gasteiger partial charge on any atom is 0.269 e. The van der Waals surface area contributed by atoms with E-state index in [9.17, 15) is 13.2 Å². The molecule has 0 fully saturated rings. The van der Waals surface area contributed by atoms with Crippen LogP contribution in [0.25, 0.3) is 0 Å². The van der Waals surface area contributed by atoms with Gasteiger partial charge in [0, 0.05) is 20.6 Å². The van der Waals surface area contributed by atoms with E-state index >= 15 is 0 Å². The second kappa shape index (κ2) is 7.10. The normalized spacial score (nSPS) is 13.2. The number of alkyl halides is 1. The summed E-state index contributed by atoms with van der Waals surface area (Å²) < 4.78 is 30.5. The van der Waals surface area contributed by atoms with Gasteiger partial charge in [-0.3, -0.25) is 4.79 Å². The van der Waals surface area contributed by atoms with E-state index in [0.717, 1.165) is 11.3 Å². The molecule has 1 unspecified atom stereocenters. The summed E-state index contributed by atoms with van der Waals surface area (Å²) in [5.41, 5.74) is 0. The fourth-order valence-corrected chi connectivity index (χ4v) is 3.38. The second-order valence-corrected chi connectivity index (χ2v) is 6.99. The molecule has 1 heterocycles. The number of aromatic nitrogens is 2. The number of methoxy groups -OCH3 is 1. The molecule has 0 saturated carbocycles. The molecule has 0 aliphatic heterocycles. The predicted octanol–water partition coefficient (Wildman–Crippen LogP) is 0.0286. The number of rotatable bonds is 7. The van der Waals surface area contributed by atoms with Crippen LogP contribution in [0.2, 0.25) is 0 Å². The van der Waals surface area contributed by atoms with Gasteiger partial charge in [0.15, 0.2) is 0 Å². The SMILES string of the molecule is COCC(Cl)CNS(=O)(=O)c1nnc(NC(C)=O)s1. The van der Waals surface area contributed by atoms with Gasteiger partial charge in [0.2, 0.25) is 15.4 Å². The number of halogens is 1. The molecule has 1 atom stereocenters. The number of nitrogens with zero attached hydrogens (tertiary/aromatic N) is 2. The molecule has 1 aromatic rings. The molecule has 8 nitrogen and oxygen atoms in total. The highest BCUT2D eigenvalue weighted by atomic mass is 35.5. The molecule has 0 bridgehead atoms. The van der Waals surface area contributed by atoms with Gasteiger partial charge >= 0.3 is 0 Å². The van der Waals surface area contributed by atoms with E-state index < -0.39 is 15.4 Å². The van der Waals surface area contributed by atoms with E-state index in [1.165, 1.54) is 14.0 Å². The standard InChI is InChI=1S/C8H13ClN4O4S2/c1-5(14)11-7-12-13-8(18-7)19(15,16)10-3-6(9)4-17-2/h6,10H,3-4H2,1-2H3,(H,11,12,14). The Bertz CT molecular complexity index is 533. The number of ether oxygens (including phenoxy) is 1. The van der Waals surface area contributed by atoms with Crippen molar-refractivity contribution in [1.82, 2.24) is 14.9 Å². The van der Waals surface area contributed by atoms with Crippen LogP contribution < -0.4 is 10.0 Å². The van der Waals surface area contributed by atoms with E-state index in [4.69, 9.17) is 16.3 Å². The van der Waals surface area contributed by atoms with E-state index in [1.54, 1.807) is 0 Å². The van der Waals surface area contributed by atoms with Crippen molar-refractivity contribution in [3.05, 3.63) is 0 Å². The highest BCUT2D eigenvalue weighted by Gasteiger charge is 2.21. The lowest BCUT2D eigenvalue weighted by molar-refractivity contribution is -0.114. The molecule has 0 aliphatic rings. The summed E-state index contributed by atoms with van der Waals surface area (Å²) in [4.78, 5) is 10.8. The third-order valence-corrected chi connectivity index (χ3v) is 4.67. The summed E-state index contributed by atoms with van der Waals surface area (Å²) in [6, 6.07) is 0. The van der Waals surface area contributed by atoms with Crippen molar-refractivity contribution in [2.24, 2.45) is 0 Å². The van der Waals surface area contributed by atoms with E-state index in [0.29, 0.717) is 0 Å². The van der Waals surface area contributed by atoms with Gasteiger partial charge in [-0.15, -0.1) is 21.8 Å². The van der Waals surface area contributed by atoms with Gasteiger partial charge < -0.3 is 10.1 Å². The minimum Gasteiger partial charge on any atom is -0.383 e. The van der Waals surface area contributed by atoms with E-state index in [2.05, 4.69) is 20.2 Å². The predicted molar refractivity (Wildman–Crippen MR) is 70.9 cm³/mol. The van der Waals surface area contributed by atoms with Crippen LogP contribution in [0.15, 0.2) is 4.34 Å². The molecule has 19 heavy (non-hydrogen) atoms. The lowest BCUT2D eigenvalue weighted by atomic mass is 10.5. The minimum atomic E-state index is -3.79. The quantitative estimate of drug-likeness (QED) is 0.539. The number of hydrogen-bond donors (Lipinski definition) is 2. The lowest BCUT2D eigenvalue weighted by Gasteiger charge is -2.08. The number of nitrogens with one attached hydrogen (secondary N) is 2. The molecule has 2 N–H and O–H groups in total. The average molecular weight is 329 g/mol. The Morgan fingerprint density at radius 1 is 1.53 bits per heavy atom. The largest absolute Gasteiger partial charge is 0.383 e. The Morgan fingerprint density at radius 2 is 2.21 bits per heavy atom.